The van der Waals surface area contributed by atoms with Crippen molar-refractivity contribution in [2.24, 2.45) is 37.9 Å². The number of carbonyl (C=O) groups is 16. The maximum atomic E-state index is 12.4. The number of nitrogens with zero attached hydrogens (tertiary/aromatic N) is 1. The minimum Gasteiger partial charge on any atom is -0.478 e. The van der Waals surface area contributed by atoms with Crippen LogP contribution in [0.3, 0.4) is 0 Å². The Morgan fingerprint density at radius 3 is 0.880 bits per heavy atom. The van der Waals surface area contributed by atoms with Crippen LogP contribution in [-0.4, -0.2) is 359 Å². The fourth-order valence-corrected chi connectivity index (χ4v) is 12.5. The molecule has 0 spiro atoms. The van der Waals surface area contributed by atoms with Crippen LogP contribution < -0.4 is 42.5 Å². The summed E-state index contributed by atoms with van der Waals surface area (Å²) in [6, 6.07) is 17.4. The quantitative estimate of drug-likeness (QED) is 0.0219. The van der Waals surface area contributed by atoms with Crippen molar-refractivity contribution in [2.45, 2.75) is 173 Å². The number of likely N-dealkylation sites (tertiary alicyclic amines) is 1. The molecule has 1 unspecified atom stereocenters. The summed E-state index contributed by atoms with van der Waals surface area (Å²) in [6.07, 6.45) is 10.1. The Kier molecular flexibility index (Phi) is 60.3. The van der Waals surface area contributed by atoms with E-state index in [1.54, 1.807) is 81.4 Å². The van der Waals surface area contributed by atoms with E-state index in [0.717, 1.165) is 111 Å². The van der Waals surface area contributed by atoms with Crippen LogP contribution in [0.4, 0.5) is 0 Å². The third-order valence-electron chi connectivity index (χ3n) is 22.9. The van der Waals surface area contributed by atoms with Crippen molar-refractivity contribution in [2.75, 3.05) is 92.8 Å². The second-order valence-corrected chi connectivity index (χ2v) is 34.6. The number of hydrogen-bond donors (Lipinski definition) is 31. The summed E-state index contributed by atoms with van der Waals surface area (Å²) in [4.78, 5) is 177. The van der Waals surface area contributed by atoms with Gasteiger partial charge in [0.25, 0.3) is 47.3 Å². The molecule has 8 amide bonds. The molecule has 2 heterocycles. The summed E-state index contributed by atoms with van der Waals surface area (Å²) in [6.45, 7) is 11.8. The number of benzene rings is 2. The van der Waals surface area contributed by atoms with Gasteiger partial charge < -0.3 is 174 Å². The molecule has 2 aliphatic carbocycles. The Bertz CT molecular complexity index is 4520. The van der Waals surface area contributed by atoms with Crippen LogP contribution in [0.25, 0.3) is 0 Å². The summed E-state index contributed by atoms with van der Waals surface area (Å²) >= 11 is 0. The van der Waals surface area contributed by atoms with E-state index in [1.807, 2.05) is 7.05 Å². The smallest absolute Gasteiger partial charge is 0.332 e. The van der Waals surface area contributed by atoms with Crippen molar-refractivity contribution in [3.8, 4) is 0 Å². The molecule has 2 saturated heterocycles. The maximum Gasteiger partial charge on any atom is 0.332 e. The summed E-state index contributed by atoms with van der Waals surface area (Å²) in [5, 5.41) is 229. The normalized spacial score (nSPS) is 17.1. The van der Waals surface area contributed by atoms with E-state index in [1.165, 1.54) is 34.6 Å². The molecule has 6 rings (SSSR count). The van der Waals surface area contributed by atoms with Gasteiger partial charge in [-0.15, -0.1) is 0 Å². The zero-order chi connectivity index (χ0) is 109. The Balaban J connectivity index is 0. The van der Waals surface area contributed by atoms with Gasteiger partial charge in [-0.3, -0.25) is 38.4 Å². The van der Waals surface area contributed by atoms with Crippen LogP contribution in [0.1, 0.15) is 131 Å². The predicted molar refractivity (Wildman–Crippen MR) is 497 cm³/mol. The highest BCUT2D eigenvalue weighted by molar-refractivity contribution is 5.91. The molecule has 2 aromatic carbocycles. The number of carboxylic acids is 7. The number of carboxylic acid groups (broad SMARTS) is 7. The van der Waals surface area contributed by atoms with E-state index in [0.29, 0.717) is 88.8 Å². The molecule has 31 N–H and O–H groups in total. The molecular weight excluding hydrogens is 1890 g/mol. The topological polar surface area (TPSA) is 856 Å². The molecule has 50 heteroatoms. The summed E-state index contributed by atoms with van der Waals surface area (Å²) in [7, 11) is 1.93. The van der Waals surface area contributed by atoms with E-state index in [4.69, 9.17) is 60.9 Å². The van der Waals surface area contributed by atoms with Crippen molar-refractivity contribution >= 4 is 95.0 Å². The lowest BCUT2D eigenvalue weighted by molar-refractivity contribution is -0.153. The van der Waals surface area contributed by atoms with Gasteiger partial charge in [-0.05, 0) is 96.5 Å². The van der Waals surface area contributed by atoms with Gasteiger partial charge in [0.2, 0.25) is 0 Å². The van der Waals surface area contributed by atoms with Crippen molar-refractivity contribution < 1.29 is 204 Å². The first-order valence-corrected chi connectivity index (χ1v) is 43.6. The van der Waals surface area contributed by atoms with E-state index in [9.17, 15) is 138 Å². The number of piperidine rings is 1. The Morgan fingerprint density at radius 2 is 0.620 bits per heavy atom. The first kappa shape index (κ1) is 131. The molecule has 2 aliphatic heterocycles. The number of amides is 8. The molecule has 4 aliphatic rings. The van der Waals surface area contributed by atoms with Crippen molar-refractivity contribution in [1.29, 1.82) is 0 Å². The number of aliphatic hydroxyl groups is 16. The van der Waals surface area contributed by atoms with Gasteiger partial charge in [-0.25, -0.2) is 38.4 Å². The van der Waals surface area contributed by atoms with Crippen molar-refractivity contribution in [1.82, 2.24) is 47.4 Å². The molecule has 4 fully saturated rings. The lowest BCUT2D eigenvalue weighted by Crippen LogP contribution is -2.54. The second-order valence-electron chi connectivity index (χ2n) is 34.6. The molecule has 2 aromatic rings. The van der Waals surface area contributed by atoms with Crippen LogP contribution in [-0.2, 0) is 91.6 Å². The Morgan fingerprint density at radius 1 is 0.359 bits per heavy atom. The molecule has 0 bridgehead atoms. The first-order chi connectivity index (χ1) is 66.3. The van der Waals surface area contributed by atoms with Crippen LogP contribution in [0, 0.1) is 37.9 Å². The van der Waals surface area contributed by atoms with Gasteiger partial charge >= 0.3 is 47.8 Å². The molecule has 796 valence electrons. The second kappa shape index (κ2) is 65.3. The summed E-state index contributed by atoms with van der Waals surface area (Å²) in [5.74, 6) is -14.8. The Hall–Kier alpha value is -12.8. The number of nitrogens with one attached hydrogen (secondary N) is 8. The van der Waals surface area contributed by atoms with Gasteiger partial charge in [0.15, 0.2) is 0 Å². The van der Waals surface area contributed by atoms with Gasteiger partial charge in [-0.1, -0.05) is 115 Å². The maximum absolute atomic E-state index is 12.4. The number of ether oxygens (including phenoxy) is 2. The van der Waals surface area contributed by atoms with Gasteiger partial charge in [-0.2, -0.15) is 0 Å². The van der Waals surface area contributed by atoms with Crippen LogP contribution in [0.2, 0.25) is 0 Å². The van der Waals surface area contributed by atoms with Gasteiger partial charge in [0, 0.05) is 149 Å². The highest BCUT2D eigenvalue weighted by Gasteiger charge is 2.52. The largest absolute Gasteiger partial charge is 0.478 e. The van der Waals surface area contributed by atoms with Gasteiger partial charge in [0.05, 0.1) is 64.9 Å². The van der Waals surface area contributed by atoms with Crippen LogP contribution >= 0.6 is 0 Å². The number of aliphatic carboxylic acids is 7. The molecule has 2 saturated carbocycles. The molecular formula is C92H137N9O41. The van der Waals surface area contributed by atoms with Crippen molar-refractivity contribution in [3.63, 3.8) is 0 Å². The van der Waals surface area contributed by atoms with Gasteiger partial charge in [0.1, 0.15) is 48.3 Å². The number of hydrogen-bond acceptors (Lipinski definition) is 35. The highest BCUT2D eigenvalue weighted by Crippen LogP contribution is 2.48. The summed E-state index contributed by atoms with van der Waals surface area (Å²) in [5.41, 5.74) is -8.28. The number of carbonyl (C=O) groups excluding carboxylic acids is 9. The average Bonchev–Trinajstić information content (AvgIpc) is 1.34. The molecule has 142 heavy (non-hydrogen) atoms. The Labute approximate surface area is 816 Å². The standard InChI is InChI=1S/C19H19NO5.C12H20N2O5.C11H17NO6.C11H17NO5.C11H19NO5.C10H17NO5.C9H13NO5.C9H15NO5/c21-13-19(14-7-3-1-4-8-14,15-9-5-2-6-10-15)17(24)18(25)20-12-11-16(22)23;1-14-6-3-12(8-15,4-7-14)10(18)11(19)13-5-2-9(16)17;13-7-11(2-5-18-6-3-11)9(16)10(17)12-4-1-8(14)15;13-7-11(4-1-2-5-11)9(16)10(17)12-6-3-8(14)15;1-4-17-8(14)5-6-12-10(16)9(15)11(2,3)7-13;1-9(2,6-12)10(3,16)8(15)11-5-4-7(13)14;11-5-9(2-3-9)7(14)8(15)10-4-1-6(12)13;1-9(2,5-11)7(14)8(15)10-4-3-6(12)13/h1-12,17,21,24H,13H2,(H,20,25)(H,22,23);2,5,10,15,18H,3-4,6-8H2,1H3,(H,13,19)(H,16,17);1,4,9,13,16H,2-3,5-7H2,(H,12,17)(H,14,15);3,6,9,13,16H,1-2,4-5,7H2,(H,12,17)(H,14,15);5-6,9,13,15H,4,7H2,1-3H3,(H,12,16);4-5,12,16H,6H2,1-3H3,(H,11,15)(H,13,14);1,4,7,11,14H,2-3,5H2,(H,10,15)(H,12,13);3-4,7,11,14H,5H2,1-2H3,(H,10,15)(H,12,13)/b12-11+;5-2+;4-1+;6-3+;6-5+;5-4+;4-1+;4-3+/t17-;10-;3*9-;;2*7-/m11001.01/s1. The SMILES string of the molecule is CC(C)(CO)C(C)(O)C(=O)N/C=C/C(=O)O.CC(C)(CO)[C@H](O)C(=O)N/C=C/C(=O)O.CCOC(=O)/C=C/NC(=O)[C@@H](O)C(C)(C)CO.CN1CCC(CO)([C@H](O)C(=O)N/C=C/C(=O)O)CC1.O=C(O)/C=C/NC(=O)[C@@H](O)C(CO)(c1ccccc1)c1ccccc1.O=C(O)/C=C/NC(=O)[C@H](O)C1(CO)CC1.O=C(O)/C=C/NC(=O)[C@H](O)C1(CO)CCCC1.O=C(O)/C=C/NC(=O)[C@H](O)C1(CO)CCOCC1. The molecule has 0 aromatic heterocycles. The average molecular weight is 2030 g/mol. The minimum atomic E-state index is -1.80. The van der Waals surface area contributed by atoms with Crippen LogP contribution in [0.5, 0.6) is 0 Å². The highest BCUT2D eigenvalue weighted by atomic mass is 16.5. The monoisotopic (exact) mass is 2020 g/mol. The van der Waals surface area contributed by atoms with E-state index < -0.39 is 193 Å². The minimum absolute atomic E-state index is 0.246. The third-order valence-corrected chi connectivity index (χ3v) is 22.9. The van der Waals surface area contributed by atoms with E-state index in [-0.39, 0.29) is 52.9 Å². The lowest BCUT2D eigenvalue weighted by atomic mass is 9.70. The first-order valence-electron chi connectivity index (χ1n) is 43.6. The third kappa shape index (κ3) is 45.4. The molecule has 50 nitrogen and oxygen atoms in total. The molecule has 8 atom stereocenters. The lowest BCUT2D eigenvalue weighted by Gasteiger charge is -2.41. The van der Waals surface area contributed by atoms with Crippen LogP contribution in [0.15, 0.2) is 159 Å². The van der Waals surface area contributed by atoms with E-state index in [2.05, 4.69) is 52.2 Å². The fourth-order valence-electron chi connectivity index (χ4n) is 12.5. The summed E-state index contributed by atoms with van der Waals surface area (Å²) < 4.78 is 9.72. The van der Waals surface area contributed by atoms with E-state index >= 15 is 0 Å². The number of aliphatic hydroxyl groups excluding tert-OH is 15. The predicted octanol–water partition coefficient (Wildman–Crippen LogP) is -4.78. The number of rotatable bonds is 43. The number of esters is 1. The zero-order valence-electron chi connectivity index (χ0n) is 79.9. The fraction of sp³-hybridized carbons (Fsp3) is 0.522. The van der Waals surface area contributed by atoms with Crippen molar-refractivity contribution in [3.05, 3.63) is 170 Å². The molecule has 0 radical (unpaired) electrons. The zero-order valence-corrected chi connectivity index (χ0v) is 79.9.